The second-order valence-corrected chi connectivity index (χ2v) is 14.8. The standard InChI is InChI=1S/2C17H22F2N4O2/c2*1-10-3-7-23(10)16-20-14-12(2-5-17(14,18)19)15(21-16)22-6-4-11(9-22)8-13(24)25/h2*10-11H,2-9H2,1H3,(H,24,25). The number of carboxylic acids is 2. The van der Waals surface area contributed by atoms with E-state index in [9.17, 15) is 27.2 Å². The van der Waals surface area contributed by atoms with Gasteiger partial charge < -0.3 is 29.8 Å². The zero-order valence-corrected chi connectivity index (χ0v) is 28.4. The molecule has 6 aliphatic rings. The van der Waals surface area contributed by atoms with E-state index in [1.807, 2.05) is 33.4 Å². The molecule has 8 rings (SSSR count). The maximum Gasteiger partial charge on any atom is 0.303 e. The predicted octanol–water partition coefficient (Wildman–Crippen LogP) is 4.83. The number of aromatic nitrogens is 4. The summed E-state index contributed by atoms with van der Waals surface area (Å²) in [5, 5.41) is 18.0. The lowest BCUT2D eigenvalue weighted by Gasteiger charge is -2.39. The molecule has 2 N–H and O–H groups in total. The second-order valence-electron chi connectivity index (χ2n) is 14.8. The van der Waals surface area contributed by atoms with Crippen LogP contribution in [0.1, 0.15) is 87.7 Å². The van der Waals surface area contributed by atoms with E-state index in [0.717, 1.165) is 38.8 Å². The smallest absolute Gasteiger partial charge is 0.303 e. The molecule has 2 aliphatic carbocycles. The van der Waals surface area contributed by atoms with Crippen molar-refractivity contribution < 1.29 is 37.4 Å². The lowest BCUT2D eigenvalue weighted by atomic mass is 10.1. The molecule has 12 nitrogen and oxygen atoms in total. The average Bonchev–Trinajstić information content (AvgIpc) is 3.82. The summed E-state index contributed by atoms with van der Waals surface area (Å²) in [7, 11) is 0. The molecule has 4 saturated heterocycles. The van der Waals surface area contributed by atoms with Crippen LogP contribution in [0.3, 0.4) is 0 Å². The molecule has 4 atom stereocenters. The molecule has 6 heterocycles. The van der Waals surface area contributed by atoms with Crippen molar-refractivity contribution in [2.45, 2.75) is 102 Å². The van der Waals surface area contributed by atoms with Crippen LogP contribution in [0.4, 0.5) is 41.1 Å². The van der Waals surface area contributed by atoms with Crippen molar-refractivity contribution in [1.29, 1.82) is 0 Å². The molecular weight excluding hydrogens is 660 g/mol. The Hall–Kier alpha value is -3.98. The third-order valence-corrected chi connectivity index (χ3v) is 11.3. The van der Waals surface area contributed by atoms with Gasteiger partial charge >= 0.3 is 11.9 Å². The van der Waals surface area contributed by atoms with Crippen LogP contribution in [0.25, 0.3) is 0 Å². The van der Waals surface area contributed by atoms with E-state index in [1.54, 1.807) is 0 Å². The summed E-state index contributed by atoms with van der Waals surface area (Å²) < 4.78 is 57.2. The Labute approximate surface area is 287 Å². The molecule has 0 spiro atoms. The highest BCUT2D eigenvalue weighted by atomic mass is 19.3. The fourth-order valence-corrected chi connectivity index (χ4v) is 8.07. The fraction of sp³-hybridized carbons (Fsp3) is 0.706. The van der Waals surface area contributed by atoms with Gasteiger partial charge in [0, 0.05) is 88.2 Å². The topological polar surface area (TPSA) is 139 Å². The molecule has 0 radical (unpaired) electrons. The van der Waals surface area contributed by atoms with Gasteiger partial charge in [0.25, 0.3) is 11.8 Å². The van der Waals surface area contributed by atoms with Gasteiger partial charge in [-0.15, -0.1) is 0 Å². The number of carboxylic acid groups (broad SMARTS) is 2. The Kier molecular flexibility index (Phi) is 8.94. The van der Waals surface area contributed by atoms with Gasteiger partial charge in [0.15, 0.2) is 0 Å². The van der Waals surface area contributed by atoms with Gasteiger partial charge in [-0.2, -0.15) is 27.5 Å². The molecule has 0 aromatic carbocycles. The second kappa shape index (κ2) is 13.0. The number of aliphatic carboxylic acids is 2. The molecular formula is C34H44F4N8O4. The normalized spacial score (nSPS) is 27.3. The third-order valence-electron chi connectivity index (χ3n) is 11.3. The highest BCUT2D eigenvalue weighted by molar-refractivity contribution is 5.68. The van der Waals surface area contributed by atoms with E-state index in [2.05, 4.69) is 19.9 Å². The van der Waals surface area contributed by atoms with Crippen molar-refractivity contribution in [3.05, 3.63) is 22.5 Å². The van der Waals surface area contributed by atoms with Crippen molar-refractivity contribution in [2.24, 2.45) is 11.8 Å². The number of rotatable bonds is 8. The van der Waals surface area contributed by atoms with Crippen molar-refractivity contribution in [3.63, 3.8) is 0 Å². The first kappa shape index (κ1) is 34.5. The Morgan fingerprint density at radius 1 is 0.660 bits per heavy atom. The number of hydrogen-bond acceptors (Lipinski definition) is 10. The predicted molar refractivity (Wildman–Crippen MR) is 176 cm³/mol. The van der Waals surface area contributed by atoms with E-state index in [1.165, 1.54) is 0 Å². The molecule has 50 heavy (non-hydrogen) atoms. The third kappa shape index (κ3) is 6.49. The minimum absolute atomic E-state index is 0.0383. The molecule has 272 valence electrons. The Balaban J connectivity index is 0.000000157. The zero-order valence-electron chi connectivity index (χ0n) is 28.4. The zero-order chi connectivity index (χ0) is 35.5. The van der Waals surface area contributed by atoms with Crippen LogP contribution in [0, 0.1) is 11.8 Å². The molecule has 4 fully saturated rings. The summed E-state index contributed by atoms with van der Waals surface area (Å²) in [4.78, 5) is 47.5. The summed E-state index contributed by atoms with van der Waals surface area (Å²) in [6.45, 7) is 8.06. The number of nitrogens with zero attached hydrogens (tertiary/aromatic N) is 8. The van der Waals surface area contributed by atoms with Gasteiger partial charge in [-0.1, -0.05) is 0 Å². The van der Waals surface area contributed by atoms with Crippen molar-refractivity contribution >= 4 is 35.5 Å². The number of carbonyl (C=O) groups is 2. The number of alkyl halides is 4. The Bertz CT molecular complexity index is 1540. The quantitative estimate of drug-likeness (QED) is 0.364. The minimum Gasteiger partial charge on any atom is -0.481 e. The van der Waals surface area contributed by atoms with Crippen molar-refractivity contribution in [1.82, 2.24) is 19.9 Å². The van der Waals surface area contributed by atoms with Gasteiger partial charge in [0.05, 0.1) is 0 Å². The first-order chi connectivity index (χ1) is 23.7. The fourth-order valence-electron chi connectivity index (χ4n) is 8.07. The summed E-state index contributed by atoms with van der Waals surface area (Å²) in [6, 6.07) is 0.526. The maximum absolute atomic E-state index is 14.3. The van der Waals surface area contributed by atoms with E-state index in [0.29, 0.717) is 60.8 Å². The summed E-state index contributed by atoms with van der Waals surface area (Å²) in [5.74, 6) is -5.43. The highest BCUT2D eigenvalue weighted by Gasteiger charge is 2.46. The number of anilines is 4. The van der Waals surface area contributed by atoms with E-state index in [4.69, 9.17) is 10.2 Å². The Morgan fingerprint density at radius 3 is 1.38 bits per heavy atom. The largest absolute Gasteiger partial charge is 0.481 e. The van der Waals surface area contributed by atoms with Crippen LogP contribution in [0.5, 0.6) is 0 Å². The maximum atomic E-state index is 14.3. The molecule has 0 amide bonds. The average molecular weight is 705 g/mol. The first-order valence-electron chi connectivity index (χ1n) is 17.8. The van der Waals surface area contributed by atoms with Gasteiger partial charge in [0.2, 0.25) is 11.9 Å². The van der Waals surface area contributed by atoms with Crippen LogP contribution in [0.15, 0.2) is 0 Å². The van der Waals surface area contributed by atoms with E-state index >= 15 is 0 Å². The van der Waals surface area contributed by atoms with Crippen molar-refractivity contribution in [3.8, 4) is 0 Å². The van der Waals surface area contributed by atoms with E-state index < -0.39 is 23.8 Å². The SMILES string of the molecule is CC1CCN1c1nc(N2CCC(CC(=O)O)C2)c2c(n1)C(F)(F)CC2.CC1CCN1c1nc(N2CCC(CC(=O)O)C2)c2c(n1)C(F)(F)CC2. The molecule has 0 saturated carbocycles. The van der Waals surface area contributed by atoms with Crippen LogP contribution in [-0.4, -0.2) is 93.4 Å². The van der Waals surface area contributed by atoms with Crippen LogP contribution in [0.2, 0.25) is 0 Å². The van der Waals surface area contributed by atoms with Crippen LogP contribution in [-0.2, 0) is 34.3 Å². The lowest BCUT2D eigenvalue weighted by Crippen LogP contribution is -2.47. The molecule has 0 bridgehead atoms. The van der Waals surface area contributed by atoms with Gasteiger partial charge in [-0.25, -0.2) is 9.97 Å². The van der Waals surface area contributed by atoms with Gasteiger partial charge in [0.1, 0.15) is 23.0 Å². The molecule has 4 aliphatic heterocycles. The number of hydrogen-bond donors (Lipinski definition) is 2. The molecule has 4 unspecified atom stereocenters. The highest BCUT2D eigenvalue weighted by Crippen LogP contribution is 2.47. The summed E-state index contributed by atoms with van der Waals surface area (Å²) in [6.07, 6.45) is 3.82. The molecule has 2 aromatic heterocycles. The van der Waals surface area contributed by atoms with E-state index in [-0.39, 0.29) is 73.8 Å². The monoisotopic (exact) mass is 704 g/mol. The summed E-state index contributed by atoms with van der Waals surface area (Å²) >= 11 is 0. The lowest BCUT2D eigenvalue weighted by molar-refractivity contribution is -0.139. The Morgan fingerprint density at radius 2 is 1.06 bits per heavy atom. The van der Waals surface area contributed by atoms with Crippen LogP contribution >= 0.6 is 0 Å². The van der Waals surface area contributed by atoms with Crippen LogP contribution < -0.4 is 19.6 Å². The number of fused-ring (bicyclic) bond motifs is 2. The molecule has 2 aromatic rings. The molecule has 16 heteroatoms. The first-order valence-corrected chi connectivity index (χ1v) is 17.8. The van der Waals surface area contributed by atoms with Gasteiger partial charge in [-0.05, 0) is 64.2 Å². The van der Waals surface area contributed by atoms with Crippen molar-refractivity contribution in [2.75, 3.05) is 58.9 Å². The number of halogens is 4. The van der Waals surface area contributed by atoms with Gasteiger partial charge in [-0.3, -0.25) is 9.59 Å². The summed E-state index contributed by atoms with van der Waals surface area (Å²) in [5.41, 5.74) is 0.817. The minimum atomic E-state index is -2.91.